The Kier molecular flexibility index (Phi) is 6.07. The van der Waals surface area contributed by atoms with Gasteiger partial charge >= 0.3 is 0 Å². The number of carbonyl (C=O) groups is 2. The molecule has 0 saturated heterocycles. The van der Waals surface area contributed by atoms with Gasteiger partial charge in [-0.05, 0) is 48.7 Å². The van der Waals surface area contributed by atoms with Gasteiger partial charge in [0.2, 0.25) is 11.8 Å². The standard InChI is InChI=1S/C19H21FN2O2/c1-13(16-6-4-8-18(12-16)22-14(2)23)21-19(24)10-9-15-5-3-7-17(20)11-15/h3-8,11-13H,9-10H2,1-2H3,(H,21,24)(H,22,23). The molecule has 0 radical (unpaired) electrons. The number of carbonyl (C=O) groups excluding carboxylic acids is 2. The number of amides is 2. The third-order valence-corrected chi connectivity index (χ3v) is 3.61. The maximum absolute atomic E-state index is 13.1. The summed E-state index contributed by atoms with van der Waals surface area (Å²) in [5, 5.41) is 5.63. The average Bonchev–Trinajstić information content (AvgIpc) is 2.52. The van der Waals surface area contributed by atoms with Crippen molar-refractivity contribution in [2.24, 2.45) is 0 Å². The molecule has 2 aromatic rings. The van der Waals surface area contributed by atoms with Gasteiger partial charge in [-0.2, -0.15) is 0 Å². The second-order valence-corrected chi connectivity index (χ2v) is 5.73. The van der Waals surface area contributed by atoms with E-state index in [1.807, 2.05) is 25.1 Å². The van der Waals surface area contributed by atoms with Crippen LogP contribution >= 0.6 is 0 Å². The molecule has 4 nitrogen and oxygen atoms in total. The van der Waals surface area contributed by atoms with E-state index < -0.39 is 0 Å². The zero-order valence-corrected chi connectivity index (χ0v) is 13.8. The fraction of sp³-hybridized carbons (Fsp3) is 0.263. The molecule has 0 fully saturated rings. The largest absolute Gasteiger partial charge is 0.350 e. The smallest absolute Gasteiger partial charge is 0.221 e. The van der Waals surface area contributed by atoms with Gasteiger partial charge in [0.1, 0.15) is 5.82 Å². The third-order valence-electron chi connectivity index (χ3n) is 3.61. The number of hydrogen-bond donors (Lipinski definition) is 2. The summed E-state index contributed by atoms with van der Waals surface area (Å²) in [6, 6.07) is 13.4. The summed E-state index contributed by atoms with van der Waals surface area (Å²) < 4.78 is 13.1. The molecule has 2 amide bonds. The van der Waals surface area contributed by atoms with Gasteiger partial charge in [-0.3, -0.25) is 9.59 Å². The first kappa shape index (κ1) is 17.7. The molecule has 5 heteroatoms. The van der Waals surface area contributed by atoms with Crippen molar-refractivity contribution in [1.29, 1.82) is 0 Å². The normalized spacial score (nSPS) is 11.6. The van der Waals surface area contributed by atoms with Crippen LogP contribution in [0.15, 0.2) is 48.5 Å². The molecule has 24 heavy (non-hydrogen) atoms. The maximum Gasteiger partial charge on any atom is 0.221 e. The molecular weight excluding hydrogens is 307 g/mol. The quantitative estimate of drug-likeness (QED) is 0.851. The molecule has 2 rings (SSSR count). The molecule has 2 aromatic carbocycles. The van der Waals surface area contributed by atoms with E-state index in [0.29, 0.717) is 18.5 Å². The lowest BCUT2D eigenvalue weighted by atomic mass is 10.1. The Morgan fingerprint density at radius 3 is 2.58 bits per heavy atom. The van der Waals surface area contributed by atoms with Gasteiger partial charge in [0.05, 0.1) is 6.04 Å². The number of rotatable bonds is 6. The van der Waals surface area contributed by atoms with Gasteiger partial charge in [-0.1, -0.05) is 24.3 Å². The van der Waals surface area contributed by atoms with E-state index in [1.54, 1.807) is 18.2 Å². The molecular formula is C19H21FN2O2. The molecule has 2 N–H and O–H groups in total. The predicted molar refractivity (Wildman–Crippen MR) is 92.0 cm³/mol. The van der Waals surface area contributed by atoms with Crippen LogP contribution in [0, 0.1) is 5.82 Å². The van der Waals surface area contributed by atoms with E-state index in [1.165, 1.54) is 19.1 Å². The van der Waals surface area contributed by atoms with Crippen molar-refractivity contribution in [2.45, 2.75) is 32.7 Å². The number of anilines is 1. The van der Waals surface area contributed by atoms with Crippen molar-refractivity contribution in [3.8, 4) is 0 Å². The minimum absolute atomic E-state index is 0.100. The first-order chi connectivity index (χ1) is 11.4. The minimum atomic E-state index is -0.295. The van der Waals surface area contributed by atoms with Gasteiger partial charge in [-0.25, -0.2) is 4.39 Å². The van der Waals surface area contributed by atoms with Crippen molar-refractivity contribution in [2.75, 3.05) is 5.32 Å². The van der Waals surface area contributed by atoms with Gasteiger partial charge in [0.25, 0.3) is 0 Å². The molecule has 1 unspecified atom stereocenters. The van der Waals surface area contributed by atoms with Crippen molar-refractivity contribution in [3.05, 3.63) is 65.5 Å². The highest BCUT2D eigenvalue weighted by atomic mass is 19.1. The van der Waals surface area contributed by atoms with Crippen LogP contribution < -0.4 is 10.6 Å². The highest BCUT2D eigenvalue weighted by Gasteiger charge is 2.10. The Labute approximate surface area is 141 Å². The van der Waals surface area contributed by atoms with Crippen LogP contribution in [-0.2, 0) is 16.0 Å². The number of aryl methyl sites for hydroxylation is 1. The second-order valence-electron chi connectivity index (χ2n) is 5.73. The first-order valence-corrected chi connectivity index (χ1v) is 7.85. The lowest BCUT2D eigenvalue weighted by Gasteiger charge is -2.15. The number of hydrogen-bond acceptors (Lipinski definition) is 2. The summed E-state index contributed by atoms with van der Waals surface area (Å²) in [6.07, 6.45) is 0.779. The molecule has 0 heterocycles. The van der Waals surface area contributed by atoms with Crippen LogP contribution in [-0.4, -0.2) is 11.8 Å². The van der Waals surface area contributed by atoms with Crippen LogP contribution in [0.4, 0.5) is 10.1 Å². The Hall–Kier alpha value is -2.69. The van der Waals surface area contributed by atoms with E-state index in [4.69, 9.17) is 0 Å². The molecule has 0 aromatic heterocycles. The lowest BCUT2D eigenvalue weighted by Crippen LogP contribution is -2.26. The van der Waals surface area contributed by atoms with E-state index in [2.05, 4.69) is 10.6 Å². The zero-order valence-electron chi connectivity index (χ0n) is 13.8. The summed E-state index contributed by atoms with van der Waals surface area (Å²) in [4.78, 5) is 23.2. The third kappa shape index (κ3) is 5.50. The highest BCUT2D eigenvalue weighted by Crippen LogP contribution is 2.17. The number of benzene rings is 2. The highest BCUT2D eigenvalue weighted by molar-refractivity contribution is 5.88. The lowest BCUT2D eigenvalue weighted by molar-refractivity contribution is -0.121. The van der Waals surface area contributed by atoms with Gasteiger partial charge in [-0.15, -0.1) is 0 Å². The van der Waals surface area contributed by atoms with Crippen LogP contribution in [0.2, 0.25) is 0 Å². The molecule has 126 valence electrons. The molecule has 0 saturated carbocycles. The summed E-state index contributed by atoms with van der Waals surface area (Å²) in [5.41, 5.74) is 2.40. The van der Waals surface area contributed by atoms with Crippen molar-refractivity contribution in [1.82, 2.24) is 5.32 Å². The van der Waals surface area contributed by atoms with Crippen LogP contribution in [0.3, 0.4) is 0 Å². The van der Waals surface area contributed by atoms with Gasteiger partial charge < -0.3 is 10.6 Å². The van der Waals surface area contributed by atoms with Gasteiger partial charge in [0.15, 0.2) is 0 Å². The summed E-state index contributed by atoms with van der Waals surface area (Å²) in [5.74, 6) is -0.535. The molecule has 1 atom stereocenters. The number of nitrogens with one attached hydrogen (secondary N) is 2. The van der Waals surface area contributed by atoms with Crippen LogP contribution in [0.25, 0.3) is 0 Å². The zero-order chi connectivity index (χ0) is 17.5. The topological polar surface area (TPSA) is 58.2 Å². The van der Waals surface area contributed by atoms with Crippen molar-refractivity contribution < 1.29 is 14.0 Å². The molecule has 0 aliphatic carbocycles. The summed E-state index contributed by atoms with van der Waals surface area (Å²) >= 11 is 0. The van der Waals surface area contributed by atoms with Crippen molar-refractivity contribution in [3.63, 3.8) is 0 Å². The van der Waals surface area contributed by atoms with E-state index >= 15 is 0 Å². The van der Waals surface area contributed by atoms with Crippen LogP contribution in [0.1, 0.15) is 37.4 Å². The second kappa shape index (κ2) is 8.24. The summed E-state index contributed by atoms with van der Waals surface area (Å²) in [6.45, 7) is 3.33. The maximum atomic E-state index is 13.1. The monoisotopic (exact) mass is 328 g/mol. The summed E-state index contributed by atoms with van der Waals surface area (Å²) in [7, 11) is 0. The molecule has 0 aliphatic heterocycles. The SMILES string of the molecule is CC(=O)Nc1cccc(C(C)NC(=O)CCc2cccc(F)c2)c1. The fourth-order valence-corrected chi connectivity index (χ4v) is 2.44. The Bertz CT molecular complexity index is 731. The Morgan fingerprint density at radius 2 is 1.88 bits per heavy atom. The minimum Gasteiger partial charge on any atom is -0.350 e. The van der Waals surface area contributed by atoms with E-state index in [0.717, 1.165) is 11.1 Å². The molecule has 0 bridgehead atoms. The molecule has 0 spiro atoms. The predicted octanol–water partition coefficient (Wildman–Crippen LogP) is 3.59. The van der Waals surface area contributed by atoms with Crippen LogP contribution in [0.5, 0.6) is 0 Å². The van der Waals surface area contributed by atoms with E-state index in [9.17, 15) is 14.0 Å². The average molecular weight is 328 g/mol. The van der Waals surface area contributed by atoms with E-state index in [-0.39, 0.29) is 23.7 Å². The number of halogens is 1. The Balaban J connectivity index is 1.90. The molecule has 0 aliphatic rings. The first-order valence-electron chi connectivity index (χ1n) is 7.85. The Morgan fingerprint density at radius 1 is 1.12 bits per heavy atom. The van der Waals surface area contributed by atoms with Gasteiger partial charge in [0, 0.05) is 19.0 Å². The van der Waals surface area contributed by atoms with Crippen molar-refractivity contribution >= 4 is 17.5 Å². The fourth-order valence-electron chi connectivity index (χ4n) is 2.44.